The molecular formula is C16H10ClF4N5. The van der Waals surface area contributed by atoms with E-state index in [1.54, 1.807) is 0 Å². The van der Waals surface area contributed by atoms with Crippen LogP contribution in [0.2, 0.25) is 5.02 Å². The molecule has 0 unspecified atom stereocenters. The number of aliphatic imine (C=N–C) groups is 1. The summed E-state index contributed by atoms with van der Waals surface area (Å²) in [6, 6.07) is 9.97. The number of nitrogens with two attached hydrogens (primary N) is 1. The van der Waals surface area contributed by atoms with Crippen LogP contribution in [0.3, 0.4) is 0 Å². The number of aromatic nitrogens is 3. The summed E-state index contributed by atoms with van der Waals surface area (Å²) in [6.07, 6.45) is -4.61. The molecule has 0 bridgehead atoms. The Hall–Kier alpha value is -2.94. The van der Waals surface area contributed by atoms with Gasteiger partial charge in [-0.25, -0.2) is 14.4 Å². The Labute approximate surface area is 149 Å². The summed E-state index contributed by atoms with van der Waals surface area (Å²) in [5.74, 6) is -1.89. The Balaban J connectivity index is 1.85. The molecule has 0 saturated carbocycles. The smallest absolute Gasteiger partial charge is 0.383 e. The van der Waals surface area contributed by atoms with Crippen LogP contribution >= 0.6 is 11.6 Å². The third-order valence-corrected chi connectivity index (χ3v) is 3.58. The number of benzene rings is 2. The number of amidine groups is 1. The van der Waals surface area contributed by atoms with Gasteiger partial charge in [0.05, 0.1) is 0 Å². The largest absolute Gasteiger partial charge is 0.451 e. The highest BCUT2D eigenvalue weighted by Crippen LogP contribution is 2.27. The summed E-state index contributed by atoms with van der Waals surface area (Å²) >= 11 is 5.67. The number of halogens is 5. The van der Waals surface area contributed by atoms with Gasteiger partial charge in [-0.3, -0.25) is 5.10 Å². The molecule has 3 aromatic rings. The van der Waals surface area contributed by atoms with E-state index in [-0.39, 0.29) is 22.4 Å². The van der Waals surface area contributed by atoms with Crippen LogP contribution in [-0.2, 0) is 6.18 Å². The molecule has 2 aromatic carbocycles. The minimum absolute atomic E-state index is 0.0137. The van der Waals surface area contributed by atoms with E-state index in [4.69, 9.17) is 17.3 Å². The van der Waals surface area contributed by atoms with E-state index in [0.717, 1.165) is 6.07 Å². The van der Waals surface area contributed by atoms with Crippen molar-refractivity contribution in [2.24, 2.45) is 10.7 Å². The molecule has 0 aliphatic rings. The minimum atomic E-state index is -4.61. The number of hydrogen-bond donors (Lipinski definition) is 2. The predicted octanol–water partition coefficient (Wildman–Crippen LogP) is 4.32. The lowest BCUT2D eigenvalue weighted by Crippen LogP contribution is -2.12. The molecule has 26 heavy (non-hydrogen) atoms. The van der Waals surface area contributed by atoms with E-state index in [2.05, 4.69) is 15.1 Å². The van der Waals surface area contributed by atoms with Crippen molar-refractivity contribution >= 4 is 23.1 Å². The highest BCUT2D eigenvalue weighted by molar-refractivity contribution is 6.30. The van der Waals surface area contributed by atoms with Crippen molar-refractivity contribution in [1.82, 2.24) is 15.2 Å². The fraction of sp³-hybridized carbons (Fsp3) is 0.0625. The number of rotatable bonds is 3. The zero-order valence-electron chi connectivity index (χ0n) is 12.9. The van der Waals surface area contributed by atoms with Gasteiger partial charge in [0.15, 0.2) is 5.82 Å². The SMILES string of the molecule is NC(=Nc1ccc(Cl)cc1F)c1ccc(-c2n[nH]c(C(F)(F)F)n2)cc1. The van der Waals surface area contributed by atoms with Crippen molar-refractivity contribution in [3.63, 3.8) is 0 Å². The van der Waals surface area contributed by atoms with Crippen LogP contribution in [0.25, 0.3) is 11.4 Å². The number of nitrogens with one attached hydrogen (secondary N) is 1. The quantitative estimate of drug-likeness (QED) is 0.401. The van der Waals surface area contributed by atoms with Crippen molar-refractivity contribution in [2.75, 3.05) is 0 Å². The van der Waals surface area contributed by atoms with E-state index in [9.17, 15) is 17.6 Å². The normalized spacial score (nSPS) is 12.4. The second-order valence-electron chi connectivity index (χ2n) is 5.18. The molecule has 0 spiro atoms. The van der Waals surface area contributed by atoms with E-state index < -0.39 is 17.8 Å². The van der Waals surface area contributed by atoms with Gasteiger partial charge in [0.25, 0.3) is 0 Å². The van der Waals surface area contributed by atoms with E-state index in [1.807, 2.05) is 5.10 Å². The molecule has 10 heteroatoms. The molecule has 1 heterocycles. The van der Waals surface area contributed by atoms with Crippen LogP contribution in [0.15, 0.2) is 47.5 Å². The van der Waals surface area contributed by atoms with Gasteiger partial charge < -0.3 is 5.73 Å². The van der Waals surface area contributed by atoms with E-state index in [1.165, 1.54) is 36.4 Å². The highest BCUT2D eigenvalue weighted by Gasteiger charge is 2.35. The van der Waals surface area contributed by atoms with Crippen molar-refractivity contribution in [3.8, 4) is 11.4 Å². The van der Waals surface area contributed by atoms with Crippen molar-refractivity contribution < 1.29 is 17.6 Å². The van der Waals surface area contributed by atoms with Crippen LogP contribution < -0.4 is 5.73 Å². The average Bonchev–Trinajstić information content (AvgIpc) is 3.08. The van der Waals surface area contributed by atoms with Crippen molar-refractivity contribution in [3.05, 3.63) is 64.7 Å². The molecule has 0 fully saturated rings. The van der Waals surface area contributed by atoms with Gasteiger partial charge in [0.1, 0.15) is 17.3 Å². The average molecular weight is 384 g/mol. The van der Waals surface area contributed by atoms with Gasteiger partial charge in [-0.1, -0.05) is 35.9 Å². The third kappa shape index (κ3) is 3.83. The molecule has 0 radical (unpaired) electrons. The summed E-state index contributed by atoms with van der Waals surface area (Å²) in [5.41, 5.74) is 6.67. The maximum absolute atomic E-state index is 13.8. The van der Waals surface area contributed by atoms with Gasteiger partial charge in [0, 0.05) is 16.1 Å². The third-order valence-electron chi connectivity index (χ3n) is 3.34. The Bertz CT molecular complexity index is 964. The fourth-order valence-electron chi connectivity index (χ4n) is 2.07. The summed E-state index contributed by atoms with van der Waals surface area (Å²) in [7, 11) is 0. The van der Waals surface area contributed by atoms with Gasteiger partial charge in [0.2, 0.25) is 5.82 Å². The number of nitrogens with zero attached hydrogens (tertiary/aromatic N) is 3. The molecular weight excluding hydrogens is 374 g/mol. The molecule has 0 aliphatic carbocycles. The maximum Gasteiger partial charge on any atom is 0.451 e. The molecule has 134 valence electrons. The topological polar surface area (TPSA) is 80.0 Å². The van der Waals surface area contributed by atoms with Gasteiger partial charge in [-0.05, 0) is 18.2 Å². The lowest BCUT2D eigenvalue weighted by atomic mass is 10.1. The number of aromatic amines is 1. The van der Waals surface area contributed by atoms with E-state index in [0.29, 0.717) is 11.1 Å². The first-order valence-electron chi connectivity index (χ1n) is 7.13. The standard InChI is InChI=1S/C16H10ClF4N5/c17-10-5-6-12(11(18)7-10)23-13(22)8-1-3-9(4-2-8)14-24-15(26-25-14)16(19,20)21/h1-7H,(H2,22,23)(H,24,25,26). The molecule has 1 aromatic heterocycles. The zero-order valence-corrected chi connectivity index (χ0v) is 13.6. The van der Waals surface area contributed by atoms with Crippen LogP contribution in [0.4, 0.5) is 23.2 Å². The van der Waals surface area contributed by atoms with Gasteiger partial charge in [-0.15, -0.1) is 0 Å². The molecule has 0 atom stereocenters. The zero-order chi connectivity index (χ0) is 18.9. The molecule has 3 rings (SSSR count). The lowest BCUT2D eigenvalue weighted by Gasteiger charge is -2.03. The van der Waals surface area contributed by atoms with Crippen LogP contribution in [0.1, 0.15) is 11.4 Å². The Kier molecular flexibility index (Phi) is 4.64. The molecule has 0 amide bonds. The minimum Gasteiger partial charge on any atom is -0.383 e. The first kappa shape index (κ1) is 17.9. The molecule has 3 N–H and O–H groups in total. The van der Waals surface area contributed by atoms with E-state index >= 15 is 0 Å². The van der Waals surface area contributed by atoms with Crippen molar-refractivity contribution in [1.29, 1.82) is 0 Å². The maximum atomic E-state index is 13.8. The monoisotopic (exact) mass is 383 g/mol. The Morgan fingerprint density at radius 2 is 1.81 bits per heavy atom. The first-order valence-corrected chi connectivity index (χ1v) is 7.51. The van der Waals surface area contributed by atoms with Crippen LogP contribution in [0, 0.1) is 5.82 Å². The number of hydrogen-bond acceptors (Lipinski definition) is 3. The first-order chi connectivity index (χ1) is 12.2. The molecule has 0 aliphatic heterocycles. The Morgan fingerprint density at radius 1 is 1.12 bits per heavy atom. The lowest BCUT2D eigenvalue weighted by molar-refractivity contribution is -0.144. The second kappa shape index (κ2) is 6.75. The number of H-pyrrole nitrogens is 1. The summed E-state index contributed by atoms with van der Waals surface area (Å²) in [4.78, 5) is 7.38. The summed E-state index contributed by atoms with van der Waals surface area (Å²) in [5, 5.41) is 5.60. The predicted molar refractivity (Wildman–Crippen MR) is 88.6 cm³/mol. The van der Waals surface area contributed by atoms with Crippen LogP contribution in [-0.4, -0.2) is 21.0 Å². The molecule has 5 nitrogen and oxygen atoms in total. The van der Waals surface area contributed by atoms with Crippen LogP contribution in [0.5, 0.6) is 0 Å². The van der Waals surface area contributed by atoms with Crippen molar-refractivity contribution in [2.45, 2.75) is 6.18 Å². The Morgan fingerprint density at radius 3 is 2.38 bits per heavy atom. The second-order valence-corrected chi connectivity index (χ2v) is 5.61. The molecule has 0 saturated heterocycles. The number of alkyl halides is 3. The highest BCUT2D eigenvalue weighted by atomic mass is 35.5. The fourth-order valence-corrected chi connectivity index (χ4v) is 2.23. The summed E-state index contributed by atoms with van der Waals surface area (Å²) in [6.45, 7) is 0. The summed E-state index contributed by atoms with van der Waals surface area (Å²) < 4.78 is 51.4. The van der Waals surface area contributed by atoms with Gasteiger partial charge in [-0.2, -0.15) is 18.3 Å². The van der Waals surface area contributed by atoms with Gasteiger partial charge >= 0.3 is 6.18 Å².